The van der Waals surface area contributed by atoms with Gasteiger partial charge in [-0.15, -0.1) is 0 Å². The number of allylic oxidation sites excluding steroid dienone is 1. The number of hydrogen-bond donors (Lipinski definition) is 2. The lowest BCUT2D eigenvalue weighted by atomic mass is 9.79. The van der Waals surface area contributed by atoms with Crippen molar-refractivity contribution < 1.29 is 4.79 Å². The van der Waals surface area contributed by atoms with E-state index >= 15 is 0 Å². The van der Waals surface area contributed by atoms with Crippen molar-refractivity contribution in [1.82, 2.24) is 10.6 Å². The van der Waals surface area contributed by atoms with E-state index in [4.69, 9.17) is 0 Å². The van der Waals surface area contributed by atoms with Crippen molar-refractivity contribution in [2.75, 3.05) is 0 Å². The van der Waals surface area contributed by atoms with Crippen LogP contribution in [-0.2, 0) is 4.79 Å². The third kappa shape index (κ3) is 3.97. The van der Waals surface area contributed by atoms with Gasteiger partial charge in [-0.25, -0.2) is 0 Å². The number of carbonyl (C=O) groups is 1. The normalized spacial score (nSPS) is 24.6. The quantitative estimate of drug-likeness (QED) is 0.704. The number of nitrogens with one attached hydrogen (secondary N) is 2. The minimum Gasteiger partial charge on any atom is -0.350 e. The van der Waals surface area contributed by atoms with Gasteiger partial charge in [0.05, 0.1) is 0 Å². The molecule has 1 heterocycles. The molecule has 1 saturated heterocycles. The van der Waals surface area contributed by atoms with Gasteiger partial charge in [-0.05, 0) is 53.5 Å². The second-order valence-corrected chi connectivity index (χ2v) is 6.01. The molecule has 3 nitrogen and oxygen atoms in total. The molecular formula is C13H24N2O. The van der Waals surface area contributed by atoms with Gasteiger partial charge < -0.3 is 10.6 Å². The summed E-state index contributed by atoms with van der Waals surface area (Å²) in [6, 6.07) is 0.259. The zero-order valence-corrected chi connectivity index (χ0v) is 11.1. The molecule has 0 aromatic heterocycles. The van der Waals surface area contributed by atoms with Crippen LogP contribution in [-0.4, -0.2) is 23.0 Å². The zero-order valence-electron chi connectivity index (χ0n) is 11.1. The number of hydrogen-bond acceptors (Lipinski definition) is 2. The van der Waals surface area contributed by atoms with E-state index in [9.17, 15) is 4.79 Å². The predicted molar refractivity (Wildman–Crippen MR) is 67.3 cm³/mol. The van der Waals surface area contributed by atoms with Gasteiger partial charge in [-0.3, -0.25) is 4.79 Å². The van der Waals surface area contributed by atoms with Gasteiger partial charge in [-0.2, -0.15) is 0 Å². The highest BCUT2D eigenvalue weighted by Gasteiger charge is 2.37. The molecule has 1 amide bonds. The summed E-state index contributed by atoms with van der Waals surface area (Å²) in [5.74, 6) is 0.0148. The van der Waals surface area contributed by atoms with Crippen LogP contribution < -0.4 is 10.6 Å². The van der Waals surface area contributed by atoms with Gasteiger partial charge in [0.1, 0.15) is 0 Å². The summed E-state index contributed by atoms with van der Waals surface area (Å²) in [5, 5.41) is 6.66. The average Bonchev–Trinajstić information content (AvgIpc) is 1.96. The van der Waals surface area contributed by atoms with E-state index in [1.165, 1.54) is 0 Å². The van der Waals surface area contributed by atoms with Gasteiger partial charge >= 0.3 is 0 Å². The van der Waals surface area contributed by atoms with Gasteiger partial charge in [0.25, 0.3) is 0 Å². The van der Waals surface area contributed by atoms with E-state index in [2.05, 4.69) is 38.3 Å². The standard InChI is InChI=1S/C13H24N2O/c1-6-7-11(16)14-10-8-12(2,3)15-13(4,5)9-10/h6-7,10,15H,8-9H2,1-5H3,(H,14,16)/b7-6+. The molecule has 1 rings (SSSR count). The van der Waals surface area contributed by atoms with E-state index in [1.54, 1.807) is 12.2 Å². The predicted octanol–water partition coefficient (Wildman–Crippen LogP) is 1.99. The Bertz CT molecular complexity index is 276. The van der Waals surface area contributed by atoms with Gasteiger partial charge in [0, 0.05) is 17.1 Å². The van der Waals surface area contributed by atoms with Gasteiger partial charge in [0.2, 0.25) is 5.91 Å². The summed E-state index contributed by atoms with van der Waals surface area (Å²) >= 11 is 0. The molecule has 1 aliphatic heterocycles. The molecule has 0 atom stereocenters. The molecule has 16 heavy (non-hydrogen) atoms. The van der Waals surface area contributed by atoms with Crippen LogP contribution in [0.15, 0.2) is 12.2 Å². The molecule has 0 aromatic carbocycles. The number of rotatable bonds is 2. The molecule has 0 bridgehead atoms. The Hall–Kier alpha value is -0.830. The molecule has 2 N–H and O–H groups in total. The van der Waals surface area contributed by atoms with Crippen LogP contribution in [0.2, 0.25) is 0 Å². The lowest BCUT2D eigenvalue weighted by Gasteiger charge is -2.46. The Kier molecular flexibility index (Phi) is 3.79. The second kappa shape index (κ2) is 4.58. The van der Waals surface area contributed by atoms with Crippen LogP contribution >= 0.6 is 0 Å². The van der Waals surface area contributed by atoms with E-state index in [0.717, 1.165) is 12.8 Å². The molecule has 0 aliphatic carbocycles. The first-order valence-electron chi connectivity index (χ1n) is 5.97. The van der Waals surface area contributed by atoms with Crippen LogP contribution in [0.3, 0.4) is 0 Å². The van der Waals surface area contributed by atoms with Gasteiger partial charge in [-0.1, -0.05) is 6.08 Å². The van der Waals surface area contributed by atoms with Crippen molar-refractivity contribution in [1.29, 1.82) is 0 Å². The fourth-order valence-corrected chi connectivity index (χ4v) is 2.83. The summed E-state index contributed by atoms with van der Waals surface area (Å²) in [4.78, 5) is 11.5. The van der Waals surface area contributed by atoms with Crippen molar-refractivity contribution in [3.05, 3.63) is 12.2 Å². The maximum absolute atomic E-state index is 11.5. The molecule has 0 aromatic rings. The van der Waals surface area contributed by atoms with Crippen molar-refractivity contribution in [3.63, 3.8) is 0 Å². The minimum atomic E-state index is 0.0148. The van der Waals surface area contributed by atoms with Crippen LogP contribution in [0.4, 0.5) is 0 Å². The van der Waals surface area contributed by atoms with Crippen molar-refractivity contribution in [2.45, 2.75) is 64.6 Å². The molecular weight excluding hydrogens is 200 g/mol. The smallest absolute Gasteiger partial charge is 0.243 e. The fourth-order valence-electron chi connectivity index (χ4n) is 2.83. The van der Waals surface area contributed by atoms with E-state index < -0.39 is 0 Å². The Morgan fingerprint density at radius 2 is 1.75 bits per heavy atom. The summed E-state index contributed by atoms with van der Waals surface area (Å²) in [6.07, 6.45) is 5.30. The Labute approximate surface area is 98.7 Å². The van der Waals surface area contributed by atoms with Crippen LogP contribution in [0.1, 0.15) is 47.5 Å². The van der Waals surface area contributed by atoms with Crippen LogP contribution in [0, 0.1) is 0 Å². The lowest BCUT2D eigenvalue weighted by Crippen LogP contribution is -2.62. The highest BCUT2D eigenvalue weighted by molar-refractivity contribution is 5.87. The largest absolute Gasteiger partial charge is 0.350 e. The Morgan fingerprint density at radius 1 is 1.25 bits per heavy atom. The summed E-state index contributed by atoms with van der Waals surface area (Å²) in [7, 11) is 0. The molecule has 0 unspecified atom stereocenters. The average molecular weight is 224 g/mol. The van der Waals surface area contributed by atoms with Crippen molar-refractivity contribution in [3.8, 4) is 0 Å². The SMILES string of the molecule is C/C=C/C(=O)NC1CC(C)(C)NC(C)(C)C1. The molecule has 0 saturated carbocycles. The third-order valence-electron chi connectivity index (χ3n) is 2.85. The Morgan fingerprint density at radius 3 is 2.19 bits per heavy atom. The van der Waals surface area contributed by atoms with E-state index in [0.29, 0.717) is 0 Å². The first kappa shape index (κ1) is 13.2. The first-order chi connectivity index (χ1) is 7.24. The minimum absolute atomic E-state index is 0.0148. The molecule has 0 radical (unpaired) electrons. The lowest BCUT2D eigenvalue weighted by molar-refractivity contribution is -0.117. The topological polar surface area (TPSA) is 41.1 Å². The van der Waals surface area contributed by atoms with Crippen LogP contribution in [0.5, 0.6) is 0 Å². The summed E-state index contributed by atoms with van der Waals surface area (Å²) in [5.41, 5.74) is 0.158. The third-order valence-corrected chi connectivity index (χ3v) is 2.85. The summed E-state index contributed by atoms with van der Waals surface area (Å²) in [6.45, 7) is 10.6. The van der Waals surface area contributed by atoms with Crippen molar-refractivity contribution >= 4 is 5.91 Å². The zero-order chi connectivity index (χ0) is 12.4. The molecule has 0 spiro atoms. The second-order valence-electron chi connectivity index (χ2n) is 6.01. The van der Waals surface area contributed by atoms with E-state index in [1.807, 2.05) is 6.92 Å². The number of carbonyl (C=O) groups excluding carboxylic acids is 1. The number of amides is 1. The highest BCUT2D eigenvalue weighted by atomic mass is 16.1. The maximum Gasteiger partial charge on any atom is 0.243 e. The first-order valence-corrected chi connectivity index (χ1v) is 5.97. The monoisotopic (exact) mass is 224 g/mol. The molecule has 1 fully saturated rings. The summed E-state index contributed by atoms with van der Waals surface area (Å²) < 4.78 is 0. The van der Waals surface area contributed by atoms with Crippen LogP contribution in [0.25, 0.3) is 0 Å². The van der Waals surface area contributed by atoms with E-state index in [-0.39, 0.29) is 23.0 Å². The highest BCUT2D eigenvalue weighted by Crippen LogP contribution is 2.28. The molecule has 1 aliphatic rings. The molecule has 92 valence electrons. The molecule has 3 heteroatoms. The fraction of sp³-hybridized carbons (Fsp3) is 0.769. The Balaban J connectivity index is 2.64. The maximum atomic E-state index is 11.5. The van der Waals surface area contributed by atoms with Gasteiger partial charge in [0.15, 0.2) is 0 Å². The number of piperidine rings is 1. The van der Waals surface area contributed by atoms with Crippen molar-refractivity contribution in [2.24, 2.45) is 0 Å².